The number of nitrogens with zero attached hydrogens (tertiary/aromatic N) is 1. The van der Waals surface area contributed by atoms with Crippen LogP contribution in [0.1, 0.15) is 5.56 Å². The number of nitrogen functional groups attached to an aromatic ring is 1. The average molecular weight is 313 g/mol. The molecule has 0 bridgehead atoms. The highest BCUT2D eigenvalue weighted by atomic mass is 79.9. The van der Waals surface area contributed by atoms with Crippen molar-refractivity contribution in [1.82, 2.24) is 5.16 Å². The molecular weight excluding hydrogens is 300 g/mol. The largest absolute Gasteiger partial charge is 0.493 e. The molecule has 5 nitrogen and oxygen atoms in total. The van der Waals surface area contributed by atoms with Gasteiger partial charge in [-0.05, 0) is 18.6 Å². The van der Waals surface area contributed by atoms with Crippen molar-refractivity contribution in [2.75, 3.05) is 20.0 Å². The van der Waals surface area contributed by atoms with E-state index in [1.807, 2.05) is 13.0 Å². The molecule has 0 spiro atoms. The Morgan fingerprint density at radius 2 is 2.00 bits per heavy atom. The van der Waals surface area contributed by atoms with E-state index in [2.05, 4.69) is 21.1 Å². The molecule has 96 valence electrons. The van der Waals surface area contributed by atoms with E-state index in [0.717, 1.165) is 15.6 Å². The number of anilines is 1. The summed E-state index contributed by atoms with van der Waals surface area (Å²) in [4.78, 5) is 0. The maximum absolute atomic E-state index is 5.55. The molecule has 0 saturated heterocycles. The molecule has 0 aliphatic rings. The minimum absolute atomic E-state index is 0.255. The minimum Gasteiger partial charge on any atom is -0.493 e. The van der Waals surface area contributed by atoms with Crippen LogP contribution in [0, 0.1) is 6.92 Å². The van der Waals surface area contributed by atoms with E-state index < -0.39 is 0 Å². The van der Waals surface area contributed by atoms with Crippen LogP contribution in [-0.4, -0.2) is 19.4 Å². The molecule has 18 heavy (non-hydrogen) atoms. The second kappa shape index (κ2) is 4.89. The molecule has 0 amide bonds. The van der Waals surface area contributed by atoms with E-state index in [-0.39, 0.29) is 5.88 Å². The Morgan fingerprint density at radius 3 is 2.50 bits per heavy atom. The van der Waals surface area contributed by atoms with Gasteiger partial charge in [0.2, 0.25) is 5.88 Å². The van der Waals surface area contributed by atoms with Crippen LogP contribution >= 0.6 is 15.9 Å². The number of rotatable bonds is 3. The first-order chi connectivity index (χ1) is 8.58. The topological polar surface area (TPSA) is 70.5 Å². The summed E-state index contributed by atoms with van der Waals surface area (Å²) in [6, 6.07) is 3.50. The van der Waals surface area contributed by atoms with Gasteiger partial charge in [0.15, 0.2) is 11.5 Å². The lowest BCUT2D eigenvalue weighted by Gasteiger charge is -2.15. The van der Waals surface area contributed by atoms with Gasteiger partial charge in [-0.25, -0.2) is 0 Å². The molecule has 0 radical (unpaired) electrons. The van der Waals surface area contributed by atoms with Crippen molar-refractivity contribution in [3.05, 3.63) is 22.2 Å². The zero-order valence-electron chi connectivity index (χ0n) is 10.3. The number of hydrogen-bond donors (Lipinski definition) is 1. The van der Waals surface area contributed by atoms with Gasteiger partial charge in [-0.15, -0.1) is 0 Å². The molecule has 6 heteroatoms. The quantitative estimate of drug-likeness (QED) is 0.943. The van der Waals surface area contributed by atoms with Gasteiger partial charge in [-0.2, -0.15) is 0 Å². The first kappa shape index (κ1) is 12.8. The Labute approximate surface area is 113 Å². The summed E-state index contributed by atoms with van der Waals surface area (Å²) in [5.74, 6) is 1.48. The average Bonchev–Trinajstić information content (AvgIpc) is 2.78. The molecule has 1 aromatic carbocycles. The predicted octanol–water partition coefficient (Wildman–Crippen LogP) is 3.01. The van der Waals surface area contributed by atoms with E-state index in [0.29, 0.717) is 17.2 Å². The number of nitrogens with two attached hydrogens (primary N) is 1. The maximum atomic E-state index is 5.55. The van der Waals surface area contributed by atoms with Crippen LogP contribution in [0.3, 0.4) is 0 Å². The van der Waals surface area contributed by atoms with Gasteiger partial charge in [0, 0.05) is 10.5 Å². The van der Waals surface area contributed by atoms with Crippen LogP contribution in [-0.2, 0) is 0 Å². The molecular formula is C12H13BrN2O3. The highest BCUT2D eigenvalue weighted by Gasteiger charge is 2.20. The Bertz CT molecular complexity index is 581. The molecule has 0 aliphatic carbocycles. The van der Waals surface area contributed by atoms with Gasteiger partial charge < -0.3 is 19.7 Å². The van der Waals surface area contributed by atoms with Gasteiger partial charge in [-0.3, -0.25) is 0 Å². The van der Waals surface area contributed by atoms with E-state index in [1.54, 1.807) is 20.3 Å². The lowest BCUT2D eigenvalue weighted by Crippen LogP contribution is -1.97. The van der Waals surface area contributed by atoms with E-state index in [9.17, 15) is 0 Å². The molecule has 0 atom stereocenters. The SMILES string of the molecule is COc1cc(Br)c(C)c(-c2cc(N)on2)c1OC. The zero-order valence-corrected chi connectivity index (χ0v) is 11.9. The number of aromatic nitrogens is 1. The standard InChI is InChI=1S/C12H13BrN2O3/c1-6-7(13)4-9(16-2)12(17-3)11(6)8-5-10(14)18-15-8/h4-5H,14H2,1-3H3. The summed E-state index contributed by atoms with van der Waals surface area (Å²) in [5, 5.41) is 3.92. The van der Waals surface area contributed by atoms with Crippen LogP contribution in [0.4, 0.5) is 5.88 Å². The number of methoxy groups -OCH3 is 2. The number of benzene rings is 1. The minimum atomic E-state index is 0.255. The van der Waals surface area contributed by atoms with Crippen molar-refractivity contribution in [3.8, 4) is 22.8 Å². The van der Waals surface area contributed by atoms with Gasteiger partial charge in [0.1, 0.15) is 5.69 Å². The Kier molecular flexibility index (Phi) is 3.47. The number of ether oxygens (including phenoxy) is 2. The van der Waals surface area contributed by atoms with Crippen molar-refractivity contribution in [2.24, 2.45) is 0 Å². The normalized spacial score (nSPS) is 10.4. The third kappa shape index (κ3) is 2.03. The molecule has 2 aromatic rings. The summed E-state index contributed by atoms with van der Waals surface area (Å²) in [6.45, 7) is 1.95. The molecule has 0 unspecified atom stereocenters. The van der Waals surface area contributed by atoms with Crippen molar-refractivity contribution < 1.29 is 14.0 Å². The summed E-state index contributed by atoms with van der Waals surface area (Å²) in [5.41, 5.74) is 7.93. The lowest BCUT2D eigenvalue weighted by atomic mass is 10.0. The van der Waals surface area contributed by atoms with Gasteiger partial charge in [-0.1, -0.05) is 21.1 Å². The first-order valence-corrected chi connectivity index (χ1v) is 6.01. The molecule has 1 aromatic heterocycles. The van der Waals surface area contributed by atoms with Crippen LogP contribution in [0.5, 0.6) is 11.5 Å². The second-order valence-electron chi connectivity index (χ2n) is 3.71. The summed E-state index contributed by atoms with van der Waals surface area (Å²) in [7, 11) is 3.17. The fourth-order valence-electron chi connectivity index (χ4n) is 1.77. The van der Waals surface area contributed by atoms with Crippen LogP contribution in [0.15, 0.2) is 21.1 Å². The monoisotopic (exact) mass is 312 g/mol. The Balaban J connectivity index is 2.74. The fourth-order valence-corrected chi connectivity index (χ4v) is 2.18. The highest BCUT2D eigenvalue weighted by molar-refractivity contribution is 9.10. The lowest BCUT2D eigenvalue weighted by molar-refractivity contribution is 0.355. The highest BCUT2D eigenvalue weighted by Crippen LogP contribution is 2.43. The van der Waals surface area contributed by atoms with Crippen LogP contribution in [0.25, 0.3) is 11.3 Å². The Morgan fingerprint density at radius 1 is 1.28 bits per heavy atom. The van der Waals surface area contributed by atoms with Crippen LogP contribution in [0.2, 0.25) is 0 Å². The maximum Gasteiger partial charge on any atom is 0.222 e. The van der Waals surface area contributed by atoms with Gasteiger partial charge in [0.05, 0.1) is 19.8 Å². The third-order valence-corrected chi connectivity index (χ3v) is 3.47. The number of halogens is 1. The summed E-state index contributed by atoms with van der Waals surface area (Å²) in [6.07, 6.45) is 0. The van der Waals surface area contributed by atoms with Crippen molar-refractivity contribution >= 4 is 21.8 Å². The van der Waals surface area contributed by atoms with Gasteiger partial charge >= 0.3 is 0 Å². The molecule has 0 aliphatic heterocycles. The van der Waals surface area contributed by atoms with Crippen molar-refractivity contribution in [1.29, 1.82) is 0 Å². The van der Waals surface area contributed by atoms with E-state index in [1.165, 1.54) is 0 Å². The Hall–Kier alpha value is -1.69. The second-order valence-corrected chi connectivity index (χ2v) is 4.56. The smallest absolute Gasteiger partial charge is 0.222 e. The summed E-state index contributed by atoms with van der Waals surface area (Å²) >= 11 is 3.48. The van der Waals surface area contributed by atoms with Crippen LogP contribution < -0.4 is 15.2 Å². The first-order valence-electron chi connectivity index (χ1n) is 5.22. The number of hydrogen-bond acceptors (Lipinski definition) is 5. The molecule has 0 saturated carbocycles. The molecule has 2 rings (SSSR count). The third-order valence-electron chi connectivity index (χ3n) is 2.65. The molecule has 1 heterocycles. The predicted molar refractivity (Wildman–Crippen MR) is 71.9 cm³/mol. The van der Waals surface area contributed by atoms with Crippen molar-refractivity contribution in [3.63, 3.8) is 0 Å². The van der Waals surface area contributed by atoms with Crippen molar-refractivity contribution in [2.45, 2.75) is 6.92 Å². The van der Waals surface area contributed by atoms with E-state index in [4.69, 9.17) is 19.7 Å². The summed E-state index contributed by atoms with van der Waals surface area (Å²) < 4.78 is 16.5. The zero-order chi connectivity index (χ0) is 13.3. The van der Waals surface area contributed by atoms with Gasteiger partial charge in [0.25, 0.3) is 0 Å². The molecule has 0 fully saturated rings. The van der Waals surface area contributed by atoms with E-state index >= 15 is 0 Å². The fraction of sp³-hybridized carbons (Fsp3) is 0.250. The molecule has 2 N–H and O–H groups in total.